The fraction of sp³-hybridized carbons (Fsp3) is 0.214. The third kappa shape index (κ3) is 3.29. The molecule has 0 fully saturated rings. The van der Waals surface area contributed by atoms with Crippen molar-refractivity contribution in [3.63, 3.8) is 0 Å². The average molecular weight is 228 g/mol. The topological polar surface area (TPSA) is 48.1 Å². The molecule has 88 valence electrons. The Morgan fingerprint density at radius 2 is 1.94 bits per heavy atom. The molecule has 0 spiro atoms. The van der Waals surface area contributed by atoms with E-state index in [2.05, 4.69) is 4.98 Å². The molecule has 2 rings (SSSR count). The van der Waals surface area contributed by atoms with Gasteiger partial charge in [0.2, 0.25) is 5.88 Å². The first-order valence-corrected chi connectivity index (χ1v) is 5.64. The number of rotatable bonds is 4. The molecule has 0 radical (unpaired) electrons. The molecule has 1 aromatic carbocycles. The van der Waals surface area contributed by atoms with Crippen molar-refractivity contribution in [3.8, 4) is 5.88 Å². The summed E-state index contributed by atoms with van der Waals surface area (Å²) in [5, 5.41) is 0. The van der Waals surface area contributed by atoms with E-state index in [-0.39, 0.29) is 6.04 Å². The predicted molar refractivity (Wildman–Crippen MR) is 67.6 cm³/mol. The second-order valence-electron chi connectivity index (χ2n) is 3.99. The number of nitrogens with two attached hydrogens (primary N) is 1. The molecule has 0 saturated carbocycles. The summed E-state index contributed by atoms with van der Waals surface area (Å²) in [5.74, 6) is 0.623. The van der Waals surface area contributed by atoms with E-state index >= 15 is 0 Å². The molecule has 1 aromatic heterocycles. The lowest BCUT2D eigenvalue weighted by molar-refractivity contribution is 0.293. The standard InChI is InChI=1S/C14H16N2O/c1-11(15)13-7-8-14(16-9-13)17-10-12-5-3-2-4-6-12/h2-9,11H,10,15H2,1H3/t11-/m1/s1. The minimum atomic E-state index is 0.00525. The molecule has 0 bridgehead atoms. The third-order valence-corrected chi connectivity index (χ3v) is 2.51. The van der Waals surface area contributed by atoms with E-state index in [1.807, 2.05) is 49.4 Å². The lowest BCUT2D eigenvalue weighted by atomic mass is 10.2. The molecule has 2 N–H and O–H groups in total. The van der Waals surface area contributed by atoms with E-state index < -0.39 is 0 Å². The van der Waals surface area contributed by atoms with Crippen LogP contribution in [-0.2, 0) is 6.61 Å². The fourth-order valence-electron chi connectivity index (χ4n) is 1.48. The van der Waals surface area contributed by atoms with Crippen molar-refractivity contribution < 1.29 is 4.74 Å². The Bertz CT molecular complexity index is 451. The van der Waals surface area contributed by atoms with E-state index in [9.17, 15) is 0 Å². The maximum absolute atomic E-state index is 5.75. The van der Waals surface area contributed by atoms with Gasteiger partial charge in [-0.15, -0.1) is 0 Å². The summed E-state index contributed by atoms with van der Waals surface area (Å²) in [4.78, 5) is 4.21. The first-order chi connectivity index (χ1) is 8.25. The molecule has 0 unspecified atom stereocenters. The Balaban J connectivity index is 1.96. The van der Waals surface area contributed by atoms with Crippen molar-refractivity contribution in [2.75, 3.05) is 0 Å². The van der Waals surface area contributed by atoms with Gasteiger partial charge >= 0.3 is 0 Å². The van der Waals surface area contributed by atoms with Crippen molar-refractivity contribution in [1.29, 1.82) is 0 Å². The highest BCUT2D eigenvalue weighted by Crippen LogP contribution is 2.13. The van der Waals surface area contributed by atoms with Crippen LogP contribution in [0.3, 0.4) is 0 Å². The number of pyridine rings is 1. The summed E-state index contributed by atoms with van der Waals surface area (Å²) < 4.78 is 5.57. The van der Waals surface area contributed by atoms with Crippen LogP contribution >= 0.6 is 0 Å². The number of aromatic nitrogens is 1. The monoisotopic (exact) mass is 228 g/mol. The minimum absolute atomic E-state index is 0.00525. The molecule has 3 heteroatoms. The second kappa shape index (κ2) is 5.46. The highest BCUT2D eigenvalue weighted by atomic mass is 16.5. The van der Waals surface area contributed by atoms with Crippen LogP contribution in [0.1, 0.15) is 24.1 Å². The van der Waals surface area contributed by atoms with Gasteiger partial charge < -0.3 is 10.5 Å². The van der Waals surface area contributed by atoms with Crippen molar-refractivity contribution in [3.05, 3.63) is 59.8 Å². The van der Waals surface area contributed by atoms with E-state index in [1.165, 1.54) is 0 Å². The van der Waals surface area contributed by atoms with E-state index in [0.717, 1.165) is 11.1 Å². The number of nitrogens with zero attached hydrogens (tertiary/aromatic N) is 1. The Morgan fingerprint density at radius 3 is 2.53 bits per heavy atom. The molecular formula is C14H16N2O. The van der Waals surface area contributed by atoms with Gasteiger partial charge in [-0.25, -0.2) is 4.98 Å². The van der Waals surface area contributed by atoms with Crippen molar-refractivity contribution in [2.45, 2.75) is 19.6 Å². The summed E-state index contributed by atoms with van der Waals surface area (Å²) in [6, 6.07) is 13.8. The molecule has 0 aliphatic carbocycles. The van der Waals surface area contributed by atoms with Gasteiger partial charge in [0.05, 0.1) is 0 Å². The van der Waals surface area contributed by atoms with Crippen molar-refractivity contribution in [1.82, 2.24) is 4.98 Å². The van der Waals surface area contributed by atoms with Crippen LogP contribution in [-0.4, -0.2) is 4.98 Å². The van der Waals surface area contributed by atoms with E-state index in [1.54, 1.807) is 6.20 Å². The summed E-state index contributed by atoms with van der Waals surface area (Å²) in [7, 11) is 0. The zero-order chi connectivity index (χ0) is 12.1. The van der Waals surface area contributed by atoms with Crippen LogP contribution < -0.4 is 10.5 Å². The van der Waals surface area contributed by atoms with Gasteiger partial charge in [-0.2, -0.15) is 0 Å². The highest BCUT2D eigenvalue weighted by Gasteiger charge is 2.01. The predicted octanol–water partition coefficient (Wildman–Crippen LogP) is 2.68. The first-order valence-electron chi connectivity index (χ1n) is 5.64. The Kier molecular flexibility index (Phi) is 3.73. The van der Waals surface area contributed by atoms with E-state index in [0.29, 0.717) is 12.5 Å². The zero-order valence-corrected chi connectivity index (χ0v) is 9.84. The first kappa shape index (κ1) is 11.6. The van der Waals surface area contributed by atoms with Crippen LogP contribution in [0, 0.1) is 0 Å². The van der Waals surface area contributed by atoms with Gasteiger partial charge in [0.15, 0.2) is 0 Å². The molecule has 1 atom stereocenters. The fourth-order valence-corrected chi connectivity index (χ4v) is 1.48. The second-order valence-corrected chi connectivity index (χ2v) is 3.99. The molecule has 0 saturated heterocycles. The Morgan fingerprint density at radius 1 is 1.18 bits per heavy atom. The summed E-state index contributed by atoms with van der Waals surface area (Å²) in [6.07, 6.45) is 1.75. The smallest absolute Gasteiger partial charge is 0.213 e. The van der Waals surface area contributed by atoms with Gasteiger partial charge in [0, 0.05) is 18.3 Å². The third-order valence-electron chi connectivity index (χ3n) is 2.51. The number of hydrogen-bond donors (Lipinski definition) is 1. The average Bonchev–Trinajstić information content (AvgIpc) is 2.38. The SMILES string of the molecule is C[C@@H](N)c1ccc(OCc2ccccc2)nc1. The highest BCUT2D eigenvalue weighted by molar-refractivity contribution is 5.21. The molecule has 2 aromatic rings. The van der Waals surface area contributed by atoms with Crippen molar-refractivity contribution >= 4 is 0 Å². The largest absolute Gasteiger partial charge is 0.473 e. The van der Waals surface area contributed by atoms with Crippen LogP contribution in [0.15, 0.2) is 48.7 Å². The Hall–Kier alpha value is -1.87. The number of ether oxygens (including phenoxy) is 1. The molecule has 3 nitrogen and oxygen atoms in total. The molecule has 17 heavy (non-hydrogen) atoms. The molecular weight excluding hydrogens is 212 g/mol. The molecule has 1 heterocycles. The summed E-state index contributed by atoms with van der Waals surface area (Å²) in [5.41, 5.74) is 7.89. The minimum Gasteiger partial charge on any atom is -0.473 e. The van der Waals surface area contributed by atoms with Crippen LogP contribution in [0.2, 0.25) is 0 Å². The van der Waals surface area contributed by atoms with Gasteiger partial charge in [0.1, 0.15) is 6.61 Å². The lowest BCUT2D eigenvalue weighted by Gasteiger charge is -2.07. The zero-order valence-electron chi connectivity index (χ0n) is 9.84. The molecule has 0 amide bonds. The van der Waals surface area contributed by atoms with Gasteiger partial charge in [-0.1, -0.05) is 36.4 Å². The maximum Gasteiger partial charge on any atom is 0.213 e. The van der Waals surface area contributed by atoms with Crippen LogP contribution in [0.25, 0.3) is 0 Å². The number of hydrogen-bond acceptors (Lipinski definition) is 3. The van der Waals surface area contributed by atoms with Gasteiger partial charge in [-0.3, -0.25) is 0 Å². The van der Waals surface area contributed by atoms with Gasteiger partial charge in [0.25, 0.3) is 0 Å². The quantitative estimate of drug-likeness (QED) is 0.875. The Labute approximate surface area is 101 Å². The van der Waals surface area contributed by atoms with E-state index in [4.69, 9.17) is 10.5 Å². The molecule has 0 aliphatic heterocycles. The maximum atomic E-state index is 5.75. The normalized spacial score (nSPS) is 12.1. The number of benzene rings is 1. The van der Waals surface area contributed by atoms with Gasteiger partial charge in [-0.05, 0) is 18.1 Å². The summed E-state index contributed by atoms with van der Waals surface area (Å²) in [6.45, 7) is 2.47. The van der Waals surface area contributed by atoms with Crippen LogP contribution in [0.5, 0.6) is 5.88 Å². The summed E-state index contributed by atoms with van der Waals surface area (Å²) >= 11 is 0. The van der Waals surface area contributed by atoms with Crippen molar-refractivity contribution in [2.24, 2.45) is 5.73 Å². The molecule has 0 aliphatic rings. The lowest BCUT2D eigenvalue weighted by Crippen LogP contribution is -2.05. The van der Waals surface area contributed by atoms with Crippen LogP contribution in [0.4, 0.5) is 0 Å².